The molecule has 1 aliphatic heterocycles. The van der Waals surface area contributed by atoms with Gasteiger partial charge < -0.3 is 15.5 Å². The molecule has 2 atom stereocenters. The van der Waals surface area contributed by atoms with Crippen LogP contribution in [-0.2, 0) is 4.79 Å². The van der Waals surface area contributed by atoms with Crippen molar-refractivity contribution in [3.63, 3.8) is 0 Å². The van der Waals surface area contributed by atoms with Crippen molar-refractivity contribution < 1.29 is 4.79 Å². The van der Waals surface area contributed by atoms with Crippen LogP contribution < -0.4 is 10.6 Å². The van der Waals surface area contributed by atoms with E-state index in [1.54, 1.807) is 0 Å². The van der Waals surface area contributed by atoms with E-state index in [2.05, 4.69) is 29.5 Å². The molecule has 0 spiro atoms. The average Bonchev–Trinajstić information content (AvgIpc) is 3.12. The minimum atomic E-state index is 0.220. The van der Waals surface area contributed by atoms with Crippen molar-refractivity contribution in [2.45, 2.75) is 44.7 Å². The fraction of sp³-hybridized carbons (Fsp3) is 0.923. The first-order valence-corrected chi connectivity index (χ1v) is 6.88. The van der Waals surface area contributed by atoms with E-state index in [1.165, 1.54) is 12.8 Å². The first kappa shape index (κ1) is 12.8. The lowest BCUT2D eigenvalue weighted by atomic mass is 9.92. The fourth-order valence-electron chi connectivity index (χ4n) is 2.57. The zero-order valence-electron chi connectivity index (χ0n) is 11.0. The molecule has 1 aliphatic carbocycles. The molecular formula is C13H25N3O. The lowest BCUT2D eigenvalue weighted by Gasteiger charge is -2.27. The Bertz CT molecular complexity index is 265. The van der Waals surface area contributed by atoms with Crippen molar-refractivity contribution in [2.75, 3.05) is 26.7 Å². The van der Waals surface area contributed by atoms with Crippen LogP contribution in [-0.4, -0.2) is 49.6 Å². The minimum absolute atomic E-state index is 0.220. The Morgan fingerprint density at radius 2 is 2.18 bits per heavy atom. The highest BCUT2D eigenvalue weighted by atomic mass is 16.1. The van der Waals surface area contributed by atoms with Gasteiger partial charge in [-0.05, 0) is 46.2 Å². The molecular weight excluding hydrogens is 214 g/mol. The number of likely N-dealkylation sites (N-methyl/N-ethyl adjacent to an activating group) is 1. The van der Waals surface area contributed by atoms with Gasteiger partial charge in [-0.2, -0.15) is 0 Å². The number of piperidine rings is 1. The third kappa shape index (κ3) is 3.96. The van der Waals surface area contributed by atoms with Gasteiger partial charge in [0.2, 0.25) is 5.91 Å². The first-order chi connectivity index (χ1) is 8.16. The average molecular weight is 239 g/mol. The number of rotatable bonds is 5. The normalized spacial score (nSPS) is 29.4. The summed E-state index contributed by atoms with van der Waals surface area (Å²) >= 11 is 0. The first-order valence-electron chi connectivity index (χ1n) is 6.88. The maximum Gasteiger partial charge on any atom is 0.223 e. The number of carbonyl (C=O) groups is 1. The van der Waals surface area contributed by atoms with Crippen LogP contribution in [0, 0.1) is 5.92 Å². The second-order valence-electron chi connectivity index (χ2n) is 5.58. The summed E-state index contributed by atoms with van der Waals surface area (Å²) in [5, 5.41) is 6.45. The van der Waals surface area contributed by atoms with E-state index in [0.29, 0.717) is 6.04 Å². The molecule has 2 aliphatic rings. The fourth-order valence-corrected chi connectivity index (χ4v) is 2.57. The quantitative estimate of drug-likeness (QED) is 0.738. The molecule has 1 saturated carbocycles. The summed E-state index contributed by atoms with van der Waals surface area (Å²) in [5.41, 5.74) is 0. The molecule has 17 heavy (non-hydrogen) atoms. The van der Waals surface area contributed by atoms with E-state index in [-0.39, 0.29) is 11.8 Å². The standard InChI is InChI=1S/C13H25N3O/c1-10-9-11(5-6-14-10)13(17)15-7-8-16(2)12-3-4-12/h10-12,14H,3-9H2,1-2H3,(H,15,17). The summed E-state index contributed by atoms with van der Waals surface area (Å²) in [4.78, 5) is 14.3. The molecule has 1 saturated heterocycles. The Balaban J connectivity index is 1.62. The molecule has 2 fully saturated rings. The lowest BCUT2D eigenvalue weighted by molar-refractivity contribution is -0.126. The third-order valence-corrected chi connectivity index (χ3v) is 3.93. The van der Waals surface area contributed by atoms with Crippen LogP contribution in [0.25, 0.3) is 0 Å². The summed E-state index contributed by atoms with van der Waals surface area (Å²) in [6, 6.07) is 1.26. The summed E-state index contributed by atoms with van der Waals surface area (Å²) in [5.74, 6) is 0.472. The number of amides is 1. The van der Waals surface area contributed by atoms with E-state index < -0.39 is 0 Å². The van der Waals surface area contributed by atoms with Crippen LogP contribution in [0.3, 0.4) is 0 Å². The zero-order valence-corrected chi connectivity index (χ0v) is 11.0. The van der Waals surface area contributed by atoms with Crippen LogP contribution in [0.5, 0.6) is 0 Å². The Morgan fingerprint density at radius 3 is 2.82 bits per heavy atom. The highest BCUT2D eigenvalue weighted by Crippen LogP contribution is 2.24. The maximum absolute atomic E-state index is 12.0. The molecule has 0 aromatic rings. The monoisotopic (exact) mass is 239 g/mol. The molecule has 2 rings (SSSR count). The predicted molar refractivity (Wildman–Crippen MR) is 68.9 cm³/mol. The number of carbonyl (C=O) groups excluding carboxylic acids is 1. The molecule has 0 bridgehead atoms. The van der Waals surface area contributed by atoms with Gasteiger partial charge in [0.25, 0.3) is 0 Å². The van der Waals surface area contributed by atoms with Crippen molar-refractivity contribution >= 4 is 5.91 Å². The molecule has 1 amide bonds. The Labute approximate surface area is 104 Å². The second-order valence-corrected chi connectivity index (χ2v) is 5.58. The summed E-state index contributed by atoms with van der Waals surface area (Å²) in [7, 11) is 2.15. The Morgan fingerprint density at radius 1 is 1.41 bits per heavy atom. The number of hydrogen-bond donors (Lipinski definition) is 2. The highest BCUT2D eigenvalue weighted by molar-refractivity contribution is 5.78. The van der Waals surface area contributed by atoms with E-state index in [0.717, 1.165) is 38.5 Å². The van der Waals surface area contributed by atoms with Crippen LogP contribution in [0.1, 0.15) is 32.6 Å². The molecule has 2 unspecified atom stereocenters. The van der Waals surface area contributed by atoms with Crippen LogP contribution in [0.4, 0.5) is 0 Å². The zero-order chi connectivity index (χ0) is 12.3. The SMILES string of the molecule is CC1CC(C(=O)NCCN(C)C2CC2)CCN1. The smallest absolute Gasteiger partial charge is 0.223 e. The minimum Gasteiger partial charge on any atom is -0.355 e. The molecule has 0 aromatic heterocycles. The summed E-state index contributed by atoms with van der Waals surface area (Å²) in [6.07, 6.45) is 4.62. The predicted octanol–water partition coefficient (Wildman–Crippen LogP) is 0.585. The molecule has 4 heteroatoms. The van der Waals surface area contributed by atoms with Gasteiger partial charge in [0, 0.05) is 31.1 Å². The van der Waals surface area contributed by atoms with Crippen LogP contribution in [0.15, 0.2) is 0 Å². The van der Waals surface area contributed by atoms with Gasteiger partial charge in [-0.25, -0.2) is 0 Å². The number of hydrogen-bond acceptors (Lipinski definition) is 3. The number of nitrogens with zero attached hydrogens (tertiary/aromatic N) is 1. The van der Waals surface area contributed by atoms with Gasteiger partial charge in [-0.3, -0.25) is 4.79 Å². The van der Waals surface area contributed by atoms with E-state index in [4.69, 9.17) is 0 Å². The van der Waals surface area contributed by atoms with Crippen molar-refractivity contribution in [1.82, 2.24) is 15.5 Å². The number of nitrogens with one attached hydrogen (secondary N) is 2. The molecule has 0 aromatic carbocycles. The summed E-state index contributed by atoms with van der Waals surface area (Å²) < 4.78 is 0. The maximum atomic E-state index is 12.0. The second kappa shape index (κ2) is 5.83. The molecule has 0 radical (unpaired) electrons. The summed E-state index contributed by atoms with van der Waals surface area (Å²) in [6.45, 7) is 4.91. The largest absolute Gasteiger partial charge is 0.355 e. The van der Waals surface area contributed by atoms with Gasteiger partial charge in [0.15, 0.2) is 0 Å². The lowest BCUT2D eigenvalue weighted by Crippen LogP contribution is -2.43. The molecule has 2 N–H and O–H groups in total. The third-order valence-electron chi connectivity index (χ3n) is 3.93. The van der Waals surface area contributed by atoms with Gasteiger partial charge in [-0.1, -0.05) is 0 Å². The Kier molecular flexibility index (Phi) is 4.40. The van der Waals surface area contributed by atoms with Gasteiger partial charge in [0.1, 0.15) is 0 Å². The van der Waals surface area contributed by atoms with E-state index in [9.17, 15) is 4.79 Å². The molecule has 1 heterocycles. The van der Waals surface area contributed by atoms with Crippen LogP contribution in [0.2, 0.25) is 0 Å². The topological polar surface area (TPSA) is 44.4 Å². The highest BCUT2D eigenvalue weighted by Gasteiger charge is 2.27. The van der Waals surface area contributed by atoms with Crippen LogP contribution >= 0.6 is 0 Å². The van der Waals surface area contributed by atoms with Crippen molar-refractivity contribution in [3.8, 4) is 0 Å². The van der Waals surface area contributed by atoms with Crippen molar-refractivity contribution in [1.29, 1.82) is 0 Å². The Hall–Kier alpha value is -0.610. The van der Waals surface area contributed by atoms with Crippen molar-refractivity contribution in [3.05, 3.63) is 0 Å². The van der Waals surface area contributed by atoms with Gasteiger partial charge in [0.05, 0.1) is 0 Å². The van der Waals surface area contributed by atoms with E-state index >= 15 is 0 Å². The molecule has 98 valence electrons. The van der Waals surface area contributed by atoms with Gasteiger partial charge in [-0.15, -0.1) is 0 Å². The van der Waals surface area contributed by atoms with Crippen molar-refractivity contribution in [2.24, 2.45) is 5.92 Å². The van der Waals surface area contributed by atoms with Gasteiger partial charge >= 0.3 is 0 Å². The van der Waals surface area contributed by atoms with E-state index in [1.807, 2.05) is 0 Å². The molecule has 4 nitrogen and oxygen atoms in total.